The number of benzene rings is 1. The number of carbonyl (C=O) groups excluding carboxylic acids is 1. The molecule has 0 radical (unpaired) electrons. The van der Waals surface area contributed by atoms with Crippen LogP contribution >= 0.6 is 0 Å². The van der Waals surface area contributed by atoms with Crippen LogP contribution < -0.4 is 0 Å². The summed E-state index contributed by atoms with van der Waals surface area (Å²) in [5.41, 5.74) is 0.762. The van der Waals surface area contributed by atoms with Gasteiger partial charge < -0.3 is 4.90 Å². The largest absolute Gasteiger partial charge is 0.340 e. The van der Waals surface area contributed by atoms with Crippen molar-refractivity contribution in [1.82, 2.24) is 4.90 Å². The van der Waals surface area contributed by atoms with E-state index in [1.807, 2.05) is 18.2 Å². The fourth-order valence-corrected chi connectivity index (χ4v) is 3.79. The van der Waals surface area contributed by atoms with Crippen LogP contribution in [0.4, 0.5) is 0 Å². The molecule has 0 bridgehead atoms. The Morgan fingerprint density at radius 2 is 1.94 bits per heavy atom. The zero-order valence-electron chi connectivity index (χ0n) is 9.67. The number of nitrogens with zero attached hydrogens (tertiary/aromatic N) is 1. The molecule has 1 heterocycles. The molecule has 1 fully saturated rings. The summed E-state index contributed by atoms with van der Waals surface area (Å²) in [4.78, 5) is 12.9. The van der Waals surface area contributed by atoms with Crippen LogP contribution in [0.3, 0.4) is 0 Å². The van der Waals surface area contributed by atoms with Crippen LogP contribution in [0.2, 0.25) is 0 Å². The Hall–Kier alpha value is -1.36. The van der Waals surface area contributed by atoms with E-state index in [4.69, 9.17) is 0 Å². The van der Waals surface area contributed by atoms with Crippen LogP contribution in [0, 0.1) is 0 Å². The van der Waals surface area contributed by atoms with Crippen LogP contribution in [0.15, 0.2) is 30.3 Å². The Morgan fingerprint density at radius 3 is 2.53 bits per heavy atom. The SMILES string of the molecule is CC(=O)N1CCS(=O)(=O)C(c2ccccc2)C1. The minimum absolute atomic E-state index is 0.0478. The molecule has 4 nitrogen and oxygen atoms in total. The molecule has 1 aromatic rings. The predicted octanol–water partition coefficient (Wildman–Crippen LogP) is 1.00. The molecule has 1 aliphatic heterocycles. The van der Waals surface area contributed by atoms with E-state index in [1.54, 1.807) is 17.0 Å². The number of hydrogen-bond donors (Lipinski definition) is 0. The van der Waals surface area contributed by atoms with Crippen molar-refractivity contribution < 1.29 is 13.2 Å². The fraction of sp³-hybridized carbons (Fsp3) is 0.417. The fourth-order valence-electron chi connectivity index (χ4n) is 2.05. The van der Waals surface area contributed by atoms with Gasteiger partial charge in [-0.2, -0.15) is 0 Å². The van der Waals surface area contributed by atoms with Gasteiger partial charge in [-0.25, -0.2) is 8.42 Å². The smallest absolute Gasteiger partial charge is 0.219 e. The van der Waals surface area contributed by atoms with E-state index in [2.05, 4.69) is 0 Å². The summed E-state index contributed by atoms with van der Waals surface area (Å²) in [5.74, 6) is -0.0209. The first-order valence-electron chi connectivity index (χ1n) is 5.53. The molecule has 92 valence electrons. The van der Waals surface area contributed by atoms with Crippen molar-refractivity contribution in [3.05, 3.63) is 35.9 Å². The summed E-state index contributed by atoms with van der Waals surface area (Å²) >= 11 is 0. The van der Waals surface area contributed by atoms with Crippen molar-refractivity contribution in [2.75, 3.05) is 18.8 Å². The van der Waals surface area contributed by atoms with Crippen LogP contribution in [0.5, 0.6) is 0 Å². The molecule has 2 rings (SSSR count). The van der Waals surface area contributed by atoms with Gasteiger partial charge in [-0.1, -0.05) is 30.3 Å². The third kappa shape index (κ3) is 2.49. The monoisotopic (exact) mass is 253 g/mol. The summed E-state index contributed by atoms with van der Waals surface area (Å²) in [6, 6.07) is 9.08. The second-order valence-corrected chi connectivity index (χ2v) is 6.53. The highest BCUT2D eigenvalue weighted by Gasteiger charge is 2.34. The average molecular weight is 253 g/mol. The highest BCUT2D eigenvalue weighted by Crippen LogP contribution is 2.27. The molecule has 17 heavy (non-hydrogen) atoms. The van der Waals surface area contributed by atoms with Gasteiger partial charge >= 0.3 is 0 Å². The third-order valence-electron chi connectivity index (χ3n) is 3.08. The quantitative estimate of drug-likeness (QED) is 0.750. The lowest BCUT2D eigenvalue weighted by molar-refractivity contribution is -0.128. The van der Waals surface area contributed by atoms with E-state index in [0.717, 1.165) is 5.56 Å². The van der Waals surface area contributed by atoms with Crippen LogP contribution in [-0.2, 0) is 14.6 Å². The summed E-state index contributed by atoms with van der Waals surface area (Å²) in [7, 11) is -3.14. The maximum atomic E-state index is 12.0. The molecule has 5 heteroatoms. The lowest BCUT2D eigenvalue weighted by Gasteiger charge is -2.32. The van der Waals surface area contributed by atoms with E-state index >= 15 is 0 Å². The number of rotatable bonds is 1. The second kappa shape index (κ2) is 4.49. The Morgan fingerprint density at radius 1 is 1.29 bits per heavy atom. The zero-order valence-corrected chi connectivity index (χ0v) is 10.5. The lowest BCUT2D eigenvalue weighted by Crippen LogP contribution is -2.44. The summed E-state index contributed by atoms with van der Waals surface area (Å²) < 4.78 is 24.0. The minimum atomic E-state index is -3.14. The number of sulfone groups is 1. The van der Waals surface area contributed by atoms with E-state index in [1.165, 1.54) is 6.92 Å². The van der Waals surface area contributed by atoms with E-state index in [9.17, 15) is 13.2 Å². The first-order chi connectivity index (χ1) is 8.00. The normalized spacial score (nSPS) is 23.4. The minimum Gasteiger partial charge on any atom is -0.340 e. The molecule has 0 aliphatic carbocycles. The van der Waals surface area contributed by atoms with Crippen molar-refractivity contribution in [1.29, 1.82) is 0 Å². The third-order valence-corrected chi connectivity index (χ3v) is 5.12. The molecule has 0 spiro atoms. The van der Waals surface area contributed by atoms with Crippen molar-refractivity contribution in [2.24, 2.45) is 0 Å². The maximum absolute atomic E-state index is 12.0. The molecule has 1 saturated heterocycles. The van der Waals surface area contributed by atoms with Crippen LogP contribution in [0.25, 0.3) is 0 Å². The van der Waals surface area contributed by atoms with Gasteiger partial charge in [0.1, 0.15) is 5.25 Å². The topological polar surface area (TPSA) is 54.5 Å². The highest BCUT2D eigenvalue weighted by molar-refractivity contribution is 7.91. The molecule has 0 aromatic heterocycles. The molecule has 0 N–H and O–H groups in total. The van der Waals surface area contributed by atoms with Crippen LogP contribution in [0.1, 0.15) is 17.7 Å². The number of carbonyl (C=O) groups is 1. The van der Waals surface area contributed by atoms with Gasteiger partial charge in [0.05, 0.1) is 5.75 Å². The van der Waals surface area contributed by atoms with Crippen LogP contribution in [-0.4, -0.2) is 38.1 Å². The molecule has 1 atom stereocenters. The Labute approximate surface area is 101 Å². The van der Waals surface area contributed by atoms with Crippen molar-refractivity contribution >= 4 is 15.7 Å². The average Bonchev–Trinajstić information content (AvgIpc) is 2.29. The molecule has 1 aliphatic rings. The first kappa shape index (κ1) is 12.1. The highest BCUT2D eigenvalue weighted by atomic mass is 32.2. The van der Waals surface area contributed by atoms with Gasteiger partial charge in [-0.15, -0.1) is 0 Å². The van der Waals surface area contributed by atoms with E-state index < -0.39 is 15.1 Å². The molecular weight excluding hydrogens is 238 g/mol. The van der Waals surface area contributed by atoms with Gasteiger partial charge in [0.2, 0.25) is 5.91 Å². The molecule has 1 unspecified atom stereocenters. The summed E-state index contributed by atoms with van der Waals surface area (Å²) in [5, 5.41) is -0.582. The summed E-state index contributed by atoms with van der Waals surface area (Å²) in [6.45, 7) is 2.04. The number of amides is 1. The van der Waals surface area contributed by atoms with E-state index in [0.29, 0.717) is 6.54 Å². The van der Waals surface area contributed by atoms with E-state index in [-0.39, 0.29) is 18.2 Å². The standard InChI is InChI=1S/C12H15NO3S/c1-10(14)13-7-8-17(15,16)12(9-13)11-5-3-2-4-6-11/h2-6,12H,7-9H2,1H3. The molecule has 1 aromatic carbocycles. The van der Waals surface area contributed by atoms with Gasteiger partial charge in [-0.05, 0) is 5.56 Å². The molecule has 0 saturated carbocycles. The zero-order chi connectivity index (χ0) is 12.5. The maximum Gasteiger partial charge on any atom is 0.219 e. The van der Waals surface area contributed by atoms with Crippen molar-refractivity contribution in [3.8, 4) is 0 Å². The van der Waals surface area contributed by atoms with Gasteiger partial charge in [-0.3, -0.25) is 4.79 Å². The number of hydrogen-bond acceptors (Lipinski definition) is 3. The van der Waals surface area contributed by atoms with Gasteiger partial charge in [0, 0.05) is 20.0 Å². The predicted molar refractivity (Wildman–Crippen MR) is 65.2 cm³/mol. The first-order valence-corrected chi connectivity index (χ1v) is 7.24. The molecule has 1 amide bonds. The second-order valence-electron chi connectivity index (χ2n) is 4.23. The van der Waals surface area contributed by atoms with Crippen molar-refractivity contribution in [2.45, 2.75) is 12.2 Å². The van der Waals surface area contributed by atoms with Gasteiger partial charge in [0.15, 0.2) is 9.84 Å². The van der Waals surface area contributed by atoms with Crippen molar-refractivity contribution in [3.63, 3.8) is 0 Å². The van der Waals surface area contributed by atoms with Gasteiger partial charge in [0.25, 0.3) is 0 Å². The summed E-state index contributed by atoms with van der Waals surface area (Å²) in [6.07, 6.45) is 0. The Balaban J connectivity index is 2.32. The Bertz CT molecular complexity index is 510. The molecular formula is C12H15NO3S. The lowest BCUT2D eigenvalue weighted by atomic mass is 10.1. The Kier molecular flexibility index (Phi) is 3.19.